The maximum atomic E-state index is 3.69. The Morgan fingerprint density at radius 3 is 1.83 bits per heavy atom. The van der Waals surface area contributed by atoms with E-state index in [9.17, 15) is 0 Å². The molecule has 0 fully saturated rings. The van der Waals surface area contributed by atoms with Gasteiger partial charge in [0.1, 0.15) is 0 Å². The van der Waals surface area contributed by atoms with Crippen molar-refractivity contribution in [1.82, 2.24) is 4.98 Å². The second kappa shape index (κ2) is 6.35. The van der Waals surface area contributed by atoms with E-state index >= 15 is 0 Å². The van der Waals surface area contributed by atoms with Crippen LogP contribution in [0.1, 0.15) is 0 Å². The van der Waals surface area contributed by atoms with Gasteiger partial charge in [0.05, 0.1) is 0 Å². The van der Waals surface area contributed by atoms with Gasteiger partial charge in [-0.15, -0.1) is 0 Å². The summed E-state index contributed by atoms with van der Waals surface area (Å²) in [6, 6.07) is 39.0. The van der Waals surface area contributed by atoms with E-state index in [4.69, 9.17) is 0 Å². The summed E-state index contributed by atoms with van der Waals surface area (Å²) < 4.78 is 0. The van der Waals surface area contributed by atoms with Gasteiger partial charge in [0.2, 0.25) is 0 Å². The van der Waals surface area contributed by atoms with Gasteiger partial charge >= 0.3 is 0 Å². The number of benzene rings is 5. The molecule has 29 heavy (non-hydrogen) atoms. The molecule has 0 radical (unpaired) electrons. The summed E-state index contributed by atoms with van der Waals surface area (Å²) in [4.78, 5) is 3.69. The van der Waals surface area contributed by atoms with Crippen molar-refractivity contribution in [2.45, 2.75) is 0 Å². The van der Waals surface area contributed by atoms with Crippen molar-refractivity contribution < 1.29 is 0 Å². The molecule has 1 aromatic heterocycles. The largest absolute Gasteiger partial charge is 0.354 e. The molecule has 0 amide bonds. The fraction of sp³-hybridized carbons (Fsp3) is 0. The Bertz CT molecular complexity index is 1480. The van der Waals surface area contributed by atoms with Crippen LogP contribution in [0.15, 0.2) is 109 Å². The predicted molar refractivity (Wildman–Crippen MR) is 124 cm³/mol. The Morgan fingerprint density at radius 2 is 1.07 bits per heavy atom. The van der Waals surface area contributed by atoms with Crippen LogP contribution in [0.25, 0.3) is 54.8 Å². The third-order valence-corrected chi connectivity index (χ3v) is 5.79. The molecule has 0 atom stereocenters. The Balaban J connectivity index is 1.68. The highest BCUT2D eigenvalue weighted by Crippen LogP contribution is 2.39. The Kier molecular flexibility index (Phi) is 3.54. The van der Waals surface area contributed by atoms with Gasteiger partial charge in [0.25, 0.3) is 0 Å². The lowest BCUT2D eigenvalue weighted by Crippen LogP contribution is -1.83. The first kappa shape index (κ1) is 16.1. The van der Waals surface area contributed by atoms with E-state index in [1.807, 2.05) is 0 Å². The molecule has 5 aromatic carbocycles. The molecular weight excluding hydrogens is 350 g/mol. The van der Waals surface area contributed by atoms with E-state index in [1.54, 1.807) is 0 Å². The number of nitrogens with one attached hydrogen (secondary N) is 1. The molecule has 1 N–H and O–H groups in total. The van der Waals surface area contributed by atoms with Crippen LogP contribution in [0.5, 0.6) is 0 Å². The molecular formula is C28H19N. The molecule has 6 aromatic rings. The van der Waals surface area contributed by atoms with E-state index in [1.165, 1.54) is 54.8 Å². The lowest BCUT2D eigenvalue weighted by atomic mass is 9.94. The first-order chi connectivity index (χ1) is 14.4. The van der Waals surface area contributed by atoms with Crippen LogP contribution in [-0.2, 0) is 0 Å². The summed E-state index contributed by atoms with van der Waals surface area (Å²) in [5.41, 5.74) is 7.34. The summed E-state index contributed by atoms with van der Waals surface area (Å²) >= 11 is 0. The third-order valence-electron chi connectivity index (χ3n) is 5.79. The first-order valence-corrected chi connectivity index (χ1v) is 9.96. The van der Waals surface area contributed by atoms with Crippen molar-refractivity contribution >= 4 is 32.6 Å². The number of aromatic nitrogens is 1. The average molecular weight is 369 g/mol. The van der Waals surface area contributed by atoms with Crippen LogP contribution in [0.4, 0.5) is 0 Å². The highest BCUT2D eigenvalue weighted by Gasteiger charge is 2.13. The SMILES string of the molecule is c1ccc(-c2ccc3c(c2)[nH]c2cc(-c4ccccc4)c4ccccc4c23)cc1. The molecule has 1 heterocycles. The molecule has 0 saturated heterocycles. The molecule has 136 valence electrons. The van der Waals surface area contributed by atoms with Crippen LogP contribution in [0.3, 0.4) is 0 Å². The molecule has 0 aliphatic carbocycles. The number of fused-ring (bicyclic) bond motifs is 5. The Morgan fingerprint density at radius 1 is 0.414 bits per heavy atom. The summed E-state index contributed by atoms with van der Waals surface area (Å²) in [5, 5.41) is 5.16. The zero-order valence-corrected chi connectivity index (χ0v) is 15.9. The minimum atomic E-state index is 1.18. The normalized spacial score (nSPS) is 11.4. The maximum absolute atomic E-state index is 3.69. The number of aromatic amines is 1. The standard InChI is InChI=1S/C28H19N/c1-3-9-19(10-4-1)21-15-16-24-26(17-21)29-27-18-25(20-11-5-2-6-12-20)22-13-7-8-14-23(22)28(24)27/h1-18,29H. The van der Waals surface area contributed by atoms with Crippen molar-refractivity contribution in [2.24, 2.45) is 0 Å². The number of H-pyrrole nitrogens is 1. The lowest BCUT2D eigenvalue weighted by Gasteiger charge is -2.09. The van der Waals surface area contributed by atoms with E-state index in [0.29, 0.717) is 0 Å². The summed E-state index contributed by atoms with van der Waals surface area (Å²) in [6.45, 7) is 0. The van der Waals surface area contributed by atoms with Crippen molar-refractivity contribution in [3.63, 3.8) is 0 Å². The number of hydrogen-bond donors (Lipinski definition) is 1. The van der Waals surface area contributed by atoms with Crippen molar-refractivity contribution in [1.29, 1.82) is 0 Å². The monoisotopic (exact) mass is 369 g/mol. The zero-order chi connectivity index (χ0) is 19.2. The highest BCUT2D eigenvalue weighted by atomic mass is 14.7. The molecule has 0 aliphatic rings. The fourth-order valence-electron chi connectivity index (χ4n) is 4.44. The van der Waals surface area contributed by atoms with Crippen molar-refractivity contribution in [2.75, 3.05) is 0 Å². The Labute approximate surface area is 169 Å². The van der Waals surface area contributed by atoms with Gasteiger partial charge in [-0.25, -0.2) is 0 Å². The third kappa shape index (κ3) is 2.55. The minimum Gasteiger partial charge on any atom is -0.354 e. The summed E-state index contributed by atoms with van der Waals surface area (Å²) in [7, 11) is 0. The zero-order valence-electron chi connectivity index (χ0n) is 15.9. The smallest absolute Gasteiger partial charge is 0.0477 e. The topological polar surface area (TPSA) is 15.8 Å². The van der Waals surface area contributed by atoms with Crippen LogP contribution >= 0.6 is 0 Å². The molecule has 0 saturated carbocycles. The van der Waals surface area contributed by atoms with Crippen molar-refractivity contribution in [3.8, 4) is 22.3 Å². The minimum absolute atomic E-state index is 1.18. The molecule has 0 aliphatic heterocycles. The van der Waals surface area contributed by atoms with Gasteiger partial charge in [0.15, 0.2) is 0 Å². The summed E-state index contributed by atoms with van der Waals surface area (Å²) in [6.07, 6.45) is 0. The maximum Gasteiger partial charge on any atom is 0.0477 e. The quantitative estimate of drug-likeness (QED) is 0.320. The number of rotatable bonds is 2. The molecule has 0 bridgehead atoms. The van der Waals surface area contributed by atoms with Gasteiger partial charge in [-0.1, -0.05) is 97.1 Å². The van der Waals surface area contributed by atoms with Gasteiger partial charge < -0.3 is 4.98 Å². The molecule has 1 nitrogen and oxygen atoms in total. The number of hydrogen-bond acceptors (Lipinski definition) is 0. The first-order valence-electron chi connectivity index (χ1n) is 9.96. The van der Waals surface area contributed by atoms with E-state index < -0.39 is 0 Å². The van der Waals surface area contributed by atoms with Crippen LogP contribution in [-0.4, -0.2) is 4.98 Å². The molecule has 0 spiro atoms. The van der Waals surface area contributed by atoms with Crippen molar-refractivity contribution in [3.05, 3.63) is 109 Å². The van der Waals surface area contributed by atoms with Crippen LogP contribution in [0, 0.1) is 0 Å². The van der Waals surface area contributed by atoms with E-state index in [2.05, 4.69) is 114 Å². The second-order valence-corrected chi connectivity index (χ2v) is 7.51. The predicted octanol–water partition coefficient (Wildman–Crippen LogP) is 7.81. The van der Waals surface area contributed by atoms with Crippen LogP contribution in [0.2, 0.25) is 0 Å². The average Bonchev–Trinajstić information content (AvgIpc) is 3.17. The molecule has 0 unspecified atom stereocenters. The van der Waals surface area contributed by atoms with E-state index in [0.717, 1.165) is 0 Å². The van der Waals surface area contributed by atoms with Gasteiger partial charge in [-0.3, -0.25) is 0 Å². The highest BCUT2D eigenvalue weighted by molar-refractivity contribution is 6.23. The fourth-order valence-corrected chi connectivity index (χ4v) is 4.44. The van der Waals surface area contributed by atoms with Gasteiger partial charge in [-0.05, 0) is 45.2 Å². The Hall–Kier alpha value is -3.84. The van der Waals surface area contributed by atoms with E-state index in [-0.39, 0.29) is 0 Å². The van der Waals surface area contributed by atoms with Gasteiger partial charge in [-0.2, -0.15) is 0 Å². The molecule has 6 rings (SSSR count). The summed E-state index contributed by atoms with van der Waals surface area (Å²) in [5.74, 6) is 0. The van der Waals surface area contributed by atoms with Gasteiger partial charge in [0, 0.05) is 21.8 Å². The lowest BCUT2D eigenvalue weighted by molar-refractivity contribution is 1.54. The second-order valence-electron chi connectivity index (χ2n) is 7.51. The molecule has 1 heteroatoms. The van der Waals surface area contributed by atoms with Crippen LogP contribution < -0.4 is 0 Å².